The fraction of sp³-hybridized carbons (Fsp3) is 0.350. The van der Waals surface area contributed by atoms with E-state index in [0.717, 1.165) is 50.1 Å². The number of nitrogens with zero attached hydrogens (tertiary/aromatic N) is 5. The van der Waals surface area contributed by atoms with Gasteiger partial charge in [-0.1, -0.05) is 18.2 Å². The summed E-state index contributed by atoms with van der Waals surface area (Å²) < 4.78 is 0. The maximum atomic E-state index is 9.03. The largest absolute Gasteiger partial charge is 0.357 e. The molecule has 0 radical (unpaired) electrons. The molecule has 0 amide bonds. The van der Waals surface area contributed by atoms with Crippen LogP contribution in [-0.2, 0) is 6.54 Å². The molecule has 1 saturated heterocycles. The summed E-state index contributed by atoms with van der Waals surface area (Å²) in [4.78, 5) is 13.8. The third-order valence-electron chi connectivity index (χ3n) is 4.35. The Kier molecular flexibility index (Phi) is 6.05. The molecule has 6 nitrogen and oxygen atoms in total. The Morgan fingerprint density at radius 3 is 2.73 bits per heavy atom. The minimum absolute atomic E-state index is 0.568. The van der Waals surface area contributed by atoms with Crippen molar-refractivity contribution >= 4 is 11.8 Å². The van der Waals surface area contributed by atoms with E-state index < -0.39 is 0 Å². The van der Waals surface area contributed by atoms with Crippen LogP contribution in [0.15, 0.2) is 53.7 Å². The Morgan fingerprint density at radius 2 is 2.04 bits per heavy atom. The maximum absolute atomic E-state index is 9.03. The molecule has 1 aliphatic rings. The van der Waals surface area contributed by atoms with E-state index >= 15 is 0 Å². The third kappa shape index (κ3) is 4.51. The molecule has 0 atom stereocenters. The molecule has 2 heterocycles. The molecule has 1 fully saturated rings. The van der Waals surface area contributed by atoms with Gasteiger partial charge in [0.1, 0.15) is 5.82 Å². The van der Waals surface area contributed by atoms with E-state index in [9.17, 15) is 0 Å². The lowest BCUT2D eigenvalue weighted by molar-refractivity contribution is 0.371. The van der Waals surface area contributed by atoms with Crippen LogP contribution in [0.4, 0.5) is 5.82 Å². The van der Waals surface area contributed by atoms with Gasteiger partial charge in [0.2, 0.25) is 0 Å². The molecule has 1 aromatic carbocycles. The first-order valence-corrected chi connectivity index (χ1v) is 8.98. The first-order chi connectivity index (χ1) is 12.8. The number of rotatable bonds is 4. The lowest BCUT2D eigenvalue weighted by Crippen LogP contribution is -2.52. The molecule has 0 bridgehead atoms. The van der Waals surface area contributed by atoms with Gasteiger partial charge in [0, 0.05) is 38.9 Å². The fourth-order valence-corrected chi connectivity index (χ4v) is 3.02. The van der Waals surface area contributed by atoms with Crippen molar-refractivity contribution in [2.75, 3.05) is 37.6 Å². The molecule has 0 unspecified atom stereocenters. The Morgan fingerprint density at radius 1 is 1.19 bits per heavy atom. The van der Waals surface area contributed by atoms with Gasteiger partial charge in [0.05, 0.1) is 18.2 Å². The molecule has 3 rings (SSSR count). The Labute approximate surface area is 154 Å². The van der Waals surface area contributed by atoms with E-state index in [1.54, 1.807) is 0 Å². The molecule has 2 aromatic rings. The lowest BCUT2D eigenvalue weighted by Gasteiger charge is -2.37. The summed E-state index contributed by atoms with van der Waals surface area (Å²) in [7, 11) is 0. The molecular formula is C20H24N6. The average Bonchev–Trinajstić information content (AvgIpc) is 2.72. The van der Waals surface area contributed by atoms with Crippen LogP contribution >= 0.6 is 0 Å². The number of hydrogen-bond acceptors (Lipinski definition) is 4. The van der Waals surface area contributed by atoms with Crippen LogP contribution in [-0.4, -0.2) is 48.6 Å². The van der Waals surface area contributed by atoms with Crippen LogP contribution in [0.2, 0.25) is 0 Å². The van der Waals surface area contributed by atoms with Gasteiger partial charge in [-0.3, -0.25) is 0 Å². The van der Waals surface area contributed by atoms with Gasteiger partial charge in [-0.2, -0.15) is 5.26 Å². The van der Waals surface area contributed by atoms with E-state index in [-0.39, 0.29) is 0 Å². The molecule has 6 heteroatoms. The third-order valence-corrected chi connectivity index (χ3v) is 4.35. The second-order valence-electron chi connectivity index (χ2n) is 6.14. The van der Waals surface area contributed by atoms with Crippen molar-refractivity contribution in [2.24, 2.45) is 4.99 Å². The zero-order valence-electron chi connectivity index (χ0n) is 15.1. The molecule has 0 spiro atoms. The summed E-state index contributed by atoms with van der Waals surface area (Å²) in [6, 6.07) is 15.8. The number of nitrogens with one attached hydrogen (secondary N) is 1. The smallest absolute Gasteiger partial charge is 0.194 e. The van der Waals surface area contributed by atoms with Crippen LogP contribution in [0, 0.1) is 11.3 Å². The van der Waals surface area contributed by atoms with Gasteiger partial charge < -0.3 is 15.1 Å². The predicted octanol–water partition coefficient (Wildman–Crippen LogP) is 2.24. The number of hydrogen-bond donors (Lipinski definition) is 1. The highest BCUT2D eigenvalue weighted by Crippen LogP contribution is 2.13. The van der Waals surface area contributed by atoms with Crippen molar-refractivity contribution in [3.05, 3.63) is 59.8 Å². The number of aromatic nitrogens is 1. The number of nitriles is 1. The van der Waals surface area contributed by atoms with E-state index in [1.165, 1.54) is 0 Å². The van der Waals surface area contributed by atoms with Crippen LogP contribution in [0.1, 0.15) is 18.1 Å². The summed E-state index contributed by atoms with van der Waals surface area (Å²) in [5, 5.41) is 12.4. The average molecular weight is 348 g/mol. The monoisotopic (exact) mass is 348 g/mol. The zero-order valence-corrected chi connectivity index (χ0v) is 15.1. The van der Waals surface area contributed by atoms with Crippen molar-refractivity contribution in [3.63, 3.8) is 0 Å². The van der Waals surface area contributed by atoms with Gasteiger partial charge in [-0.15, -0.1) is 0 Å². The number of pyridine rings is 1. The number of benzene rings is 1. The highest BCUT2D eigenvalue weighted by atomic mass is 15.4. The van der Waals surface area contributed by atoms with Crippen molar-refractivity contribution in [1.82, 2.24) is 15.2 Å². The second kappa shape index (κ2) is 8.86. The lowest BCUT2D eigenvalue weighted by atomic mass is 10.1. The SMILES string of the molecule is CCNC(=NCc1cccc(C#N)c1)N1CCN(c2ccccn2)CC1. The minimum Gasteiger partial charge on any atom is -0.357 e. The van der Waals surface area contributed by atoms with E-state index in [0.29, 0.717) is 12.1 Å². The first kappa shape index (κ1) is 17.7. The molecule has 1 aliphatic heterocycles. The van der Waals surface area contributed by atoms with Gasteiger partial charge in [0.25, 0.3) is 0 Å². The summed E-state index contributed by atoms with van der Waals surface area (Å²) in [5.41, 5.74) is 1.72. The van der Waals surface area contributed by atoms with Crippen LogP contribution < -0.4 is 10.2 Å². The topological polar surface area (TPSA) is 67.6 Å². The second-order valence-corrected chi connectivity index (χ2v) is 6.14. The normalized spacial score (nSPS) is 14.8. The Hall–Kier alpha value is -3.07. The molecular weight excluding hydrogens is 324 g/mol. The summed E-state index contributed by atoms with van der Waals surface area (Å²) in [6.45, 7) is 7.13. The van der Waals surface area contributed by atoms with Crippen molar-refractivity contribution in [2.45, 2.75) is 13.5 Å². The summed E-state index contributed by atoms with van der Waals surface area (Å²) in [6.07, 6.45) is 1.84. The van der Waals surface area contributed by atoms with Crippen molar-refractivity contribution in [1.29, 1.82) is 5.26 Å². The standard InChI is InChI=1S/C20H24N6/c1-2-22-20(24-16-18-7-5-6-17(14-18)15-21)26-12-10-25(11-13-26)19-8-3-4-9-23-19/h3-9,14H,2,10-13,16H2,1H3,(H,22,24). The zero-order chi connectivity index (χ0) is 18.2. The van der Waals surface area contributed by atoms with Gasteiger partial charge >= 0.3 is 0 Å². The molecule has 134 valence electrons. The molecule has 0 saturated carbocycles. The van der Waals surface area contributed by atoms with E-state index in [4.69, 9.17) is 10.3 Å². The van der Waals surface area contributed by atoms with Gasteiger partial charge in [-0.25, -0.2) is 9.98 Å². The van der Waals surface area contributed by atoms with Crippen LogP contribution in [0.3, 0.4) is 0 Å². The Bertz CT molecular complexity index is 772. The van der Waals surface area contributed by atoms with E-state index in [1.807, 2.05) is 42.6 Å². The molecule has 26 heavy (non-hydrogen) atoms. The number of guanidine groups is 1. The summed E-state index contributed by atoms with van der Waals surface area (Å²) in [5.74, 6) is 1.96. The molecule has 0 aliphatic carbocycles. The van der Waals surface area contributed by atoms with Crippen LogP contribution in [0.25, 0.3) is 0 Å². The number of piperazine rings is 1. The van der Waals surface area contributed by atoms with Crippen molar-refractivity contribution in [3.8, 4) is 6.07 Å². The van der Waals surface area contributed by atoms with Crippen LogP contribution in [0.5, 0.6) is 0 Å². The molecule has 1 N–H and O–H groups in total. The predicted molar refractivity (Wildman–Crippen MR) is 104 cm³/mol. The minimum atomic E-state index is 0.568. The molecule has 1 aromatic heterocycles. The number of aliphatic imine (C=N–C) groups is 1. The summed E-state index contributed by atoms with van der Waals surface area (Å²) >= 11 is 0. The Balaban J connectivity index is 1.64. The highest BCUT2D eigenvalue weighted by molar-refractivity contribution is 5.80. The fourth-order valence-electron chi connectivity index (χ4n) is 3.02. The maximum Gasteiger partial charge on any atom is 0.194 e. The quantitative estimate of drug-likeness (QED) is 0.678. The number of anilines is 1. The van der Waals surface area contributed by atoms with Gasteiger partial charge in [-0.05, 0) is 36.8 Å². The van der Waals surface area contributed by atoms with Gasteiger partial charge in [0.15, 0.2) is 5.96 Å². The van der Waals surface area contributed by atoms with Crippen molar-refractivity contribution < 1.29 is 0 Å². The first-order valence-electron chi connectivity index (χ1n) is 8.98. The van der Waals surface area contributed by atoms with E-state index in [2.05, 4.69) is 39.2 Å². The highest BCUT2D eigenvalue weighted by Gasteiger charge is 2.20.